The number of piperidine rings is 1. The summed E-state index contributed by atoms with van der Waals surface area (Å²) in [7, 11) is 0. The predicted octanol–water partition coefficient (Wildman–Crippen LogP) is 2.51. The van der Waals surface area contributed by atoms with Crippen LogP contribution in [0.15, 0.2) is 48.0 Å². The quantitative estimate of drug-likeness (QED) is 0.612. The molecule has 0 saturated carbocycles. The zero-order valence-electron chi connectivity index (χ0n) is 16.3. The second-order valence-electron chi connectivity index (χ2n) is 7.01. The van der Waals surface area contributed by atoms with Crippen molar-refractivity contribution in [3.05, 3.63) is 48.8 Å². The van der Waals surface area contributed by atoms with Gasteiger partial charge in [0.05, 0.1) is 12.4 Å². The molecule has 0 bridgehead atoms. The molecule has 1 aromatic heterocycles. The number of amides is 1. The minimum Gasteiger partial charge on any atom is -0.357 e. The molecule has 1 aromatic carbocycles. The SMILES string of the molecule is CCNC(=NCC(=O)Nc1ccc(F)cc1)N1CCC(C)C(n2ccnc2)C1. The molecular weight excluding hydrogens is 359 g/mol. The van der Waals surface area contributed by atoms with Crippen molar-refractivity contribution in [2.45, 2.75) is 26.3 Å². The average Bonchev–Trinajstić information content (AvgIpc) is 3.22. The van der Waals surface area contributed by atoms with Gasteiger partial charge < -0.3 is 20.1 Å². The first-order valence-corrected chi connectivity index (χ1v) is 9.63. The van der Waals surface area contributed by atoms with Crippen LogP contribution in [0.2, 0.25) is 0 Å². The van der Waals surface area contributed by atoms with E-state index >= 15 is 0 Å². The molecule has 150 valence electrons. The van der Waals surface area contributed by atoms with E-state index in [0.717, 1.165) is 32.0 Å². The van der Waals surface area contributed by atoms with Gasteiger partial charge >= 0.3 is 0 Å². The fourth-order valence-electron chi connectivity index (χ4n) is 3.40. The first kappa shape index (κ1) is 19.9. The van der Waals surface area contributed by atoms with E-state index in [4.69, 9.17) is 0 Å². The summed E-state index contributed by atoms with van der Waals surface area (Å²) in [5.41, 5.74) is 0.554. The fraction of sp³-hybridized carbons (Fsp3) is 0.450. The maximum absolute atomic E-state index is 13.0. The van der Waals surface area contributed by atoms with Crippen LogP contribution in [0.4, 0.5) is 10.1 Å². The third-order valence-corrected chi connectivity index (χ3v) is 4.96. The van der Waals surface area contributed by atoms with Crippen molar-refractivity contribution >= 4 is 17.6 Å². The zero-order chi connectivity index (χ0) is 19.9. The second kappa shape index (κ2) is 9.34. The number of anilines is 1. The highest BCUT2D eigenvalue weighted by Crippen LogP contribution is 2.27. The summed E-state index contributed by atoms with van der Waals surface area (Å²) in [5, 5.41) is 6.02. The van der Waals surface area contributed by atoms with Gasteiger partial charge in [-0.15, -0.1) is 0 Å². The number of carbonyl (C=O) groups excluding carboxylic acids is 1. The molecule has 28 heavy (non-hydrogen) atoms. The average molecular weight is 386 g/mol. The molecule has 2 heterocycles. The standard InChI is InChI=1S/C20H27FN6O/c1-3-23-20(24-12-19(28)25-17-6-4-16(21)5-7-17)26-10-8-15(2)18(13-26)27-11-9-22-14-27/h4-7,9,11,14-15,18H,3,8,10,12-13H2,1-2H3,(H,23,24)(H,25,28). The van der Waals surface area contributed by atoms with Crippen molar-refractivity contribution < 1.29 is 9.18 Å². The van der Waals surface area contributed by atoms with Crippen LogP contribution in [-0.4, -0.2) is 52.5 Å². The van der Waals surface area contributed by atoms with Gasteiger partial charge in [-0.1, -0.05) is 6.92 Å². The van der Waals surface area contributed by atoms with E-state index in [1.807, 2.05) is 19.4 Å². The number of benzene rings is 1. The molecule has 3 rings (SSSR count). The Morgan fingerprint density at radius 3 is 2.82 bits per heavy atom. The van der Waals surface area contributed by atoms with E-state index in [1.54, 1.807) is 6.20 Å². The zero-order valence-corrected chi connectivity index (χ0v) is 16.3. The van der Waals surface area contributed by atoms with Crippen molar-refractivity contribution in [2.75, 3.05) is 31.5 Å². The van der Waals surface area contributed by atoms with Crippen molar-refractivity contribution in [3.8, 4) is 0 Å². The van der Waals surface area contributed by atoms with E-state index in [2.05, 4.69) is 37.0 Å². The minimum atomic E-state index is -0.336. The van der Waals surface area contributed by atoms with E-state index in [-0.39, 0.29) is 18.3 Å². The Morgan fingerprint density at radius 2 is 2.14 bits per heavy atom. The van der Waals surface area contributed by atoms with Crippen LogP contribution in [0.1, 0.15) is 26.3 Å². The number of halogens is 1. The number of carbonyl (C=O) groups is 1. The van der Waals surface area contributed by atoms with Gasteiger partial charge in [-0.25, -0.2) is 14.4 Å². The van der Waals surface area contributed by atoms with E-state index < -0.39 is 0 Å². The summed E-state index contributed by atoms with van der Waals surface area (Å²) < 4.78 is 15.1. The lowest BCUT2D eigenvalue weighted by atomic mass is 9.93. The van der Waals surface area contributed by atoms with Gasteiger partial charge in [0.25, 0.3) is 0 Å². The number of aromatic nitrogens is 2. The molecule has 2 atom stereocenters. The van der Waals surface area contributed by atoms with Crippen molar-refractivity contribution in [1.29, 1.82) is 0 Å². The molecule has 0 radical (unpaired) electrons. The summed E-state index contributed by atoms with van der Waals surface area (Å²) in [5.74, 6) is 0.694. The predicted molar refractivity (Wildman–Crippen MR) is 108 cm³/mol. The first-order chi connectivity index (χ1) is 13.6. The van der Waals surface area contributed by atoms with Crippen LogP contribution in [0.5, 0.6) is 0 Å². The number of hydrogen-bond acceptors (Lipinski definition) is 3. The maximum atomic E-state index is 13.0. The molecule has 7 nitrogen and oxygen atoms in total. The first-order valence-electron chi connectivity index (χ1n) is 9.63. The minimum absolute atomic E-state index is 0.00149. The van der Waals surface area contributed by atoms with Crippen molar-refractivity contribution in [1.82, 2.24) is 19.8 Å². The van der Waals surface area contributed by atoms with Gasteiger partial charge in [0, 0.05) is 37.7 Å². The lowest BCUT2D eigenvalue weighted by Crippen LogP contribution is -2.49. The molecule has 1 aliphatic heterocycles. The number of aliphatic imine (C=N–C) groups is 1. The molecule has 2 N–H and O–H groups in total. The molecule has 0 spiro atoms. The molecule has 1 aliphatic rings. The summed E-state index contributed by atoms with van der Waals surface area (Å²) in [6, 6.07) is 6.00. The third kappa shape index (κ3) is 5.09. The lowest BCUT2D eigenvalue weighted by molar-refractivity contribution is -0.114. The number of likely N-dealkylation sites (tertiary alicyclic amines) is 1. The molecule has 8 heteroatoms. The Balaban J connectivity index is 1.64. The number of nitrogens with zero attached hydrogens (tertiary/aromatic N) is 4. The van der Waals surface area contributed by atoms with E-state index in [1.165, 1.54) is 24.3 Å². The molecule has 1 fully saturated rings. The van der Waals surface area contributed by atoms with Crippen molar-refractivity contribution in [2.24, 2.45) is 10.9 Å². The van der Waals surface area contributed by atoms with Crippen LogP contribution < -0.4 is 10.6 Å². The largest absolute Gasteiger partial charge is 0.357 e. The smallest absolute Gasteiger partial charge is 0.246 e. The lowest BCUT2D eigenvalue weighted by Gasteiger charge is -2.39. The number of guanidine groups is 1. The van der Waals surface area contributed by atoms with Gasteiger partial charge in [0.1, 0.15) is 12.4 Å². The van der Waals surface area contributed by atoms with Gasteiger partial charge in [0.2, 0.25) is 5.91 Å². The normalized spacial score (nSPS) is 20.1. The van der Waals surface area contributed by atoms with Crippen LogP contribution in [0.25, 0.3) is 0 Å². The van der Waals surface area contributed by atoms with Gasteiger partial charge in [-0.2, -0.15) is 0 Å². The van der Waals surface area contributed by atoms with Crippen LogP contribution >= 0.6 is 0 Å². The monoisotopic (exact) mass is 386 g/mol. The van der Waals surface area contributed by atoms with E-state index in [0.29, 0.717) is 17.6 Å². The Kier molecular flexibility index (Phi) is 6.62. The number of rotatable bonds is 5. The highest BCUT2D eigenvalue weighted by atomic mass is 19.1. The second-order valence-corrected chi connectivity index (χ2v) is 7.01. The van der Waals surface area contributed by atoms with Crippen LogP contribution in [0.3, 0.4) is 0 Å². The summed E-state index contributed by atoms with van der Waals surface area (Å²) >= 11 is 0. The van der Waals surface area contributed by atoms with Gasteiger partial charge in [-0.3, -0.25) is 4.79 Å². The molecule has 2 unspecified atom stereocenters. The molecule has 1 amide bonds. The molecule has 2 aromatic rings. The van der Waals surface area contributed by atoms with Gasteiger partial charge in [0.15, 0.2) is 5.96 Å². The highest BCUT2D eigenvalue weighted by Gasteiger charge is 2.28. The number of nitrogens with one attached hydrogen (secondary N) is 2. The van der Waals surface area contributed by atoms with Crippen LogP contribution in [-0.2, 0) is 4.79 Å². The highest BCUT2D eigenvalue weighted by molar-refractivity contribution is 5.94. The van der Waals surface area contributed by atoms with Crippen molar-refractivity contribution in [3.63, 3.8) is 0 Å². The number of hydrogen-bond donors (Lipinski definition) is 2. The Labute approximate surface area is 164 Å². The molecule has 1 saturated heterocycles. The van der Waals surface area contributed by atoms with Gasteiger partial charge in [-0.05, 0) is 43.5 Å². The Morgan fingerprint density at radius 1 is 1.36 bits per heavy atom. The third-order valence-electron chi connectivity index (χ3n) is 4.96. The summed E-state index contributed by atoms with van der Waals surface area (Å²) in [6.45, 7) is 6.68. The number of imidazole rings is 1. The summed E-state index contributed by atoms with van der Waals surface area (Å²) in [4.78, 5) is 23.1. The summed E-state index contributed by atoms with van der Waals surface area (Å²) in [6.07, 6.45) is 6.68. The maximum Gasteiger partial charge on any atom is 0.246 e. The topological polar surface area (TPSA) is 74.6 Å². The fourth-order valence-corrected chi connectivity index (χ4v) is 3.40. The Hall–Kier alpha value is -2.90. The van der Waals surface area contributed by atoms with E-state index in [9.17, 15) is 9.18 Å². The molecular formula is C20H27FN6O. The van der Waals surface area contributed by atoms with Crippen LogP contribution in [0, 0.1) is 11.7 Å². The molecule has 0 aliphatic carbocycles. The Bertz CT molecular complexity index is 790.